The minimum absolute atomic E-state index is 0.0773. The Morgan fingerprint density at radius 3 is 2.81 bits per heavy atom. The van der Waals surface area contributed by atoms with E-state index in [4.69, 9.17) is 0 Å². The number of carbonyl (C=O) groups excluding carboxylic acids is 2. The Kier molecular flexibility index (Phi) is 2.96. The van der Waals surface area contributed by atoms with E-state index in [-0.39, 0.29) is 24.9 Å². The molecule has 16 heavy (non-hydrogen) atoms. The van der Waals surface area contributed by atoms with Crippen LogP contribution in [0.5, 0.6) is 0 Å². The summed E-state index contributed by atoms with van der Waals surface area (Å²) < 4.78 is 0.991. The van der Waals surface area contributed by atoms with Crippen molar-refractivity contribution in [2.75, 3.05) is 18.0 Å². The lowest BCUT2D eigenvalue weighted by molar-refractivity contribution is -0.128. The van der Waals surface area contributed by atoms with Crippen molar-refractivity contribution in [3.63, 3.8) is 0 Å². The highest BCUT2D eigenvalue weighted by Gasteiger charge is 2.24. The molecule has 0 aromatic heterocycles. The van der Waals surface area contributed by atoms with E-state index in [1.54, 1.807) is 0 Å². The fourth-order valence-electron chi connectivity index (χ4n) is 1.59. The second-order valence-corrected chi connectivity index (χ2v) is 4.54. The standard InChI is InChI=1S/C11H11BrN2O2/c1-7-4-8(2-3-9(7)12)14-6-10(15)13-5-11(14)16/h2-4H,5-6H2,1H3,(H,13,15). The Morgan fingerprint density at radius 2 is 2.12 bits per heavy atom. The molecule has 0 unspecified atom stereocenters. The van der Waals surface area contributed by atoms with Gasteiger partial charge < -0.3 is 10.2 Å². The molecular formula is C11H11BrN2O2. The van der Waals surface area contributed by atoms with Crippen LogP contribution in [-0.2, 0) is 9.59 Å². The molecular weight excluding hydrogens is 272 g/mol. The molecule has 1 heterocycles. The van der Waals surface area contributed by atoms with Gasteiger partial charge in [-0.25, -0.2) is 0 Å². The van der Waals surface area contributed by atoms with E-state index in [1.807, 2.05) is 25.1 Å². The lowest BCUT2D eigenvalue weighted by atomic mass is 10.2. The summed E-state index contributed by atoms with van der Waals surface area (Å²) in [5, 5.41) is 2.52. The highest BCUT2D eigenvalue weighted by atomic mass is 79.9. The number of halogens is 1. The Balaban J connectivity index is 2.31. The first-order valence-electron chi connectivity index (χ1n) is 4.91. The molecule has 0 aliphatic carbocycles. The molecule has 1 aliphatic rings. The van der Waals surface area contributed by atoms with Crippen molar-refractivity contribution in [2.45, 2.75) is 6.92 Å². The molecule has 2 amide bonds. The summed E-state index contributed by atoms with van der Waals surface area (Å²) in [5.74, 6) is -0.207. The molecule has 1 saturated heterocycles. The smallest absolute Gasteiger partial charge is 0.246 e. The zero-order valence-electron chi connectivity index (χ0n) is 8.79. The number of carbonyl (C=O) groups is 2. The maximum Gasteiger partial charge on any atom is 0.246 e. The van der Waals surface area contributed by atoms with Crippen molar-refractivity contribution in [3.8, 4) is 0 Å². The van der Waals surface area contributed by atoms with Crippen LogP contribution in [0, 0.1) is 6.92 Å². The molecule has 0 bridgehead atoms. The van der Waals surface area contributed by atoms with Gasteiger partial charge in [0.05, 0.1) is 6.54 Å². The summed E-state index contributed by atoms with van der Waals surface area (Å²) >= 11 is 3.40. The first-order chi connectivity index (χ1) is 7.58. The van der Waals surface area contributed by atoms with Gasteiger partial charge in [0.25, 0.3) is 0 Å². The van der Waals surface area contributed by atoms with Crippen LogP contribution in [0.3, 0.4) is 0 Å². The quantitative estimate of drug-likeness (QED) is 0.842. The van der Waals surface area contributed by atoms with Crippen molar-refractivity contribution in [3.05, 3.63) is 28.2 Å². The van der Waals surface area contributed by atoms with Crippen LogP contribution >= 0.6 is 15.9 Å². The van der Waals surface area contributed by atoms with Crippen LogP contribution in [-0.4, -0.2) is 24.9 Å². The predicted octanol–water partition coefficient (Wildman–Crippen LogP) is 1.22. The lowest BCUT2D eigenvalue weighted by Crippen LogP contribution is -2.51. The number of amides is 2. The van der Waals surface area contributed by atoms with Crippen LogP contribution in [0.1, 0.15) is 5.56 Å². The molecule has 5 heteroatoms. The van der Waals surface area contributed by atoms with Crippen molar-refractivity contribution in [1.82, 2.24) is 5.32 Å². The van der Waals surface area contributed by atoms with Crippen molar-refractivity contribution in [1.29, 1.82) is 0 Å². The Morgan fingerprint density at radius 1 is 1.38 bits per heavy atom. The number of rotatable bonds is 1. The molecule has 1 aromatic rings. The summed E-state index contributed by atoms with van der Waals surface area (Å²) in [6.45, 7) is 2.12. The number of aryl methyl sites for hydroxylation is 1. The first kappa shape index (κ1) is 11.1. The average Bonchev–Trinajstić information content (AvgIpc) is 2.26. The largest absolute Gasteiger partial charge is 0.345 e. The van der Waals surface area contributed by atoms with E-state index in [1.165, 1.54) is 4.90 Å². The van der Waals surface area contributed by atoms with Gasteiger partial charge in [-0.1, -0.05) is 15.9 Å². The fourth-order valence-corrected chi connectivity index (χ4v) is 1.84. The molecule has 1 N–H and O–H groups in total. The van der Waals surface area contributed by atoms with E-state index in [2.05, 4.69) is 21.2 Å². The van der Waals surface area contributed by atoms with E-state index < -0.39 is 0 Å². The van der Waals surface area contributed by atoms with Crippen LogP contribution in [0.25, 0.3) is 0 Å². The Labute approximate surface area is 102 Å². The molecule has 2 rings (SSSR count). The van der Waals surface area contributed by atoms with E-state index in [0.717, 1.165) is 15.7 Å². The maximum absolute atomic E-state index is 11.6. The summed E-state index contributed by atoms with van der Waals surface area (Å²) in [7, 11) is 0. The van der Waals surface area contributed by atoms with Gasteiger partial charge in [-0.15, -0.1) is 0 Å². The summed E-state index contributed by atoms with van der Waals surface area (Å²) in [4.78, 5) is 24.4. The van der Waals surface area contributed by atoms with Crippen molar-refractivity contribution < 1.29 is 9.59 Å². The van der Waals surface area contributed by atoms with Crippen LogP contribution < -0.4 is 10.2 Å². The molecule has 0 spiro atoms. The summed E-state index contributed by atoms with van der Waals surface area (Å²) in [6, 6.07) is 5.60. The minimum Gasteiger partial charge on any atom is -0.345 e. The van der Waals surface area contributed by atoms with Gasteiger partial charge in [0.2, 0.25) is 11.8 Å². The molecule has 4 nitrogen and oxygen atoms in total. The van der Waals surface area contributed by atoms with Gasteiger partial charge in [-0.2, -0.15) is 0 Å². The van der Waals surface area contributed by atoms with Crippen LogP contribution in [0.2, 0.25) is 0 Å². The summed E-state index contributed by atoms with van der Waals surface area (Å²) in [6.07, 6.45) is 0. The number of nitrogens with one attached hydrogen (secondary N) is 1. The van der Waals surface area contributed by atoms with Crippen LogP contribution in [0.4, 0.5) is 5.69 Å². The molecule has 1 aromatic carbocycles. The highest BCUT2D eigenvalue weighted by molar-refractivity contribution is 9.10. The van der Waals surface area contributed by atoms with Gasteiger partial charge in [0.15, 0.2) is 0 Å². The molecule has 0 saturated carbocycles. The Bertz CT molecular complexity index is 459. The van der Waals surface area contributed by atoms with E-state index in [9.17, 15) is 9.59 Å². The van der Waals surface area contributed by atoms with Crippen LogP contribution in [0.15, 0.2) is 22.7 Å². The van der Waals surface area contributed by atoms with Gasteiger partial charge in [-0.3, -0.25) is 9.59 Å². The number of nitrogens with zero attached hydrogens (tertiary/aromatic N) is 1. The minimum atomic E-state index is -0.125. The number of anilines is 1. The van der Waals surface area contributed by atoms with Gasteiger partial charge in [0, 0.05) is 10.2 Å². The van der Waals surface area contributed by atoms with E-state index >= 15 is 0 Å². The van der Waals surface area contributed by atoms with E-state index in [0.29, 0.717) is 0 Å². The summed E-state index contributed by atoms with van der Waals surface area (Å²) in [5.41, 5.74) is 1.80. The topological polar surface area (TPSA) is 49.4 Å². The Hall–Kier alpha value is -1.36. The number of hydrogen-bond donors (Lipinski definition) is 1. The number of hydrogen-bond acceptors (Lipinski definition) is 2. The first-order valence-corrected chi connectivity index (χ1v) is 5.70. The molecule has 84 valence electrons. The monoisotopic (exact) mass is 282 g/mol. The third kappa shape index (κ3) is 2.09. The zero-order valence-corrected chi connectivity index (χ0v) is 10.4. The molecule has 1 aliphatic heterocycles. The average molecular weight is 283 g/mol. The third-order valence-electron chi connectivity index (χ3n) is 2.49. The predicted molar refractivity (Wildman–Crippen MR) is 64.2 cm³/mol. The normalized spacial score (nSPS) is 16.2. The lowest BCUT2D eigenvalue weighted by Gasteiger charge is -2.27. The SMILES string of the molecule is Cc1cc(N2CC(=O)NCC2=O)ccc1Br. The second kappa shape index (κ2) is 4.25. The fraction of sp³-hybridized carbons (Fsp3) is 0.273. The molecule has 1 fully saturated rings. The second-order valence-electron chi connectivity index (χ2n) is 3.69. The number of piperazine rings is 1. The zero-order chi connectivity index (χ0) is 11.7. The molecule has 0 radical (unpaired) electrons. The van der Waals surface area contributed by atoms with Gasteiger partial charge in [-0.05, 0) is 30.7 Å². The van der Waals surface area contributed by atoms with Gasteiger partial charge >= 0.3 is 0 Å². The van der Waals surface area contributed by atoms with Crippen molar-refractivity contribution >= 4 is 33.4 Å². The van der Waals surface area contributed by atoms with Gasteiger partial charge in [0.1, 0.15) is 6.54 Å². The van der Waals surface area contributed by atoms with Crippen molar-refractivity contribution in [2.24, 2.45) is 0 Å². The maximum atomic E-state index is 11.6. The highest BCUT2D eigenvalue weighted by Crippen LogP contribution is 2.23. The third-order valence-corrected chi connectivity index (χ3v) is 3.38. The molecule has 0 atom stereocenters. The number of benzene rings is 1.